The van der Waals surface area contributed by atoms with Crippen LogP contribution in [0.1, 0.15) is 55.5 Å². The smallest absolute Gasteiger partial charge is 0.237 e. The van der Waals surface area contributed by atoms with Gasteiger partial charge in [0.2, 0.25) is 5.91 Å². The van der Waals surface area contributed by atoms with Crippen LogP contribution in [0.25, 0.3) is 0 Å². The lowest BCUT2D eigenvalue weighted by Gasteiger charge is -2.21. The average molecular weight is 282 g/mol. The summed E-state index contributed by atoms with van der Waals surface area (Å²) >= 11 is 1.81. The Bertz CT molecular complexity index is 428. The molecule has 0 aliphatic rings. The first kappa shape index (κ1) is 16.2. The van der Waals surface area contributed by atoms with Gasteiger partial charge >= 0.3 is 0 Å². The van der Waals surface area contributed by atoms with E-state index in [4.69, 9.17) is 0 Å². The third kappa shape index (κ3) is 4.62. The lowest BCUT2D eigenvalue weighted by molar-refractivity contribution is -0.123. The van der Waals surface area contributed by atoms with Crippen LogP contribution in [0, 0.1) is 13.8 Å². The van der Waals surface area contributed by atoms with Crippen LogP contribution >= 0.6 is 11.3 Å². The Morgan fingerprint density at radius 3 is 2.42 bits per heavy atom. The van der Waals surface area contributed by atoms with Crippen molar-refractivity contribution in [2.75, 3.05) is 0 Å². The van der Waals surface area contributed by atoms with Crippen LogP contribution in [0.15, 0.2) is 6.07 Å². The van der Waals surface area contributed by atoms with E-state index in [-0.39, 0.29) is 24.0 Å². The summed E-state index contributed by atoms with van der Waals surface area (Å²) in [5.74, 6) is 0.0748. The first-order chi connectivity index (χ1) is 8.85. The zero-order valence-corrected chi connectivity index (χ0v) is 13.6. The van der Waals surface area contributed by atoms with E-state index >= 15 is 0 Å². The number of aryl methyl sites for hydroxylation is 2. The molecule has 108 valence electrons. The fraction of sp³-hybridized carbons (Fsp3) is 0.667. The molecule has 0 saturated heterocycles. The van der Waals surface area contributed by atoms with Crippen molar-refractivity contribution in [3.05, 3.63) is 21.4 Å². The first-order valence-electron chi connectivity index (χ1n) is 6.98. The SMILES string of the molecule is CCC(C)NC(=O)C(C)NC(C)c1cc(C)sc1C. The first-order valence-corrected chi connectivity index (χ1v) is 7.80. The molecule has 1 heterocycles. The van der Waals surface area contributed by atoms with E-state index < -0.39 is 0 Å². The van der Waals surface area contributed by atoms with Gasteiger partial charge in [0.25, 0.3) is 0 Å². The predicted octanol–water partition coefficient (Wildman–Crippen LogP) is 3.32. The maximum Gasteiger partial charge on any atom is 0.237 e. The molecule has 1 aromatic heterocycles. The minimum atomic E-state index is -0.177. The second-order valence-corrected chi connectivity index (χ2v) is 6.76. The fourth-order valence-corrected chi connectivity index (χ4v) is 3.11. The quantitative estimate of drug-likeness (QED) is 0.840. The second kappa shape index (κ2) is 7.06. The summed E-state index contributed by atoms with van der Waals surface area (Å²) in [4.78, 5) is 14.6. The third-order valence-corrected chi connectivity index (χ3v) is 4.42. The van der Waals surface area contributed by atoms with Crippen LogP contribution in [0.2, 0.25) is 0 Å². The molecule has 0 radical (unpaired) electrons. The van der Waals surface area contributed by atoms with Gasteiger partial charge in [-0.15, -0.1) is 11.3 Å². The molecule has 0 spiro atoms. The highest BCUT2D eigenvalue weighted by Gasteiger charge is 2.19. The summed E-state index contributed by atoms with van der Waals surface area (Å²) in [5.41, 5.74) is 1.30. The van der Waals surface area contributed by atoms with Crippen LogP contribution < -0.4 is 10.6 Å². The summed E-state index contributed by atoms with van der Waals surface area (Å²) in [5, 5.41) is 6.38. The van der Waals surface area contributed by atoms with Gasteiger partial charge in [0, 0.05) is 21.8 Å². The average Bonchev–Trinajstić information content (AvgIpc) is 2.68. The number of nitrogens with one attached hydrogen (secondary N) is 2. The highest BCUT2D eigenvalue weighted by molar-refractivity contribution is 7.12. The van der Waals surface area contributed by atoms with Gasteiger partial charge in [0.15, 0.2) is 0 Å². The van der Waals surface area contributed by atoms with Crippen molar-refractivity contribution < 1.29 is 4.79 Å². The van der Waals surface area contributed by atoms with Crippen molar-refractivity contribution in [2.24, 2.45) is 0 Å². The Hall–Kier alpha value is -0.870. The van der Waals surface area contributed by atoms with Gasteiger partial charge in [-0.2, -0.15) is 0 Å². The zero-order chi connectivity index (χ0) is 14.6. The molecular formula is C15H26N2OS. The minimum Gasteiger partial charge on any atom is -0.352 e. The van der Waals surface area contributed by atoms with Crippen LogP contribution in [-0.4, -0.2) is 18.0 Å². The molecule has 19 heavy (non-hydrogen) atoms. The minimum absolute atomic E-state index is 0.0748. The molecule has 2 N–H and O–H groups in total. The van der Waals surface area contributed by atoms with E-state index in [2.05, 4.69) is 44.4 Å². The zero-order valence-electron chi connectivity index (χ0n) is 12.8. The normalized spacial score (nSPS) is 15.9. The molecule has 0 saturated carbocycles. The van der Waals surface area contributed by atoms with Crippen LogP contribution in [0.3, 0.4) is 0 Å². The molecule has 1 rings (SSSR count). The van der Waals surface area contributed by atoms with Gasteiger partial charge in [-0.25, -0.2) is 0 Å². The number of thiophene rings is 1. The maximum absolute atomic E-state index is 12.0. The molecule has 3 nitrogen and oxygen atoms in total. The summed E-state index contributed by atoms with van der Waals surface area (Å²) in [6.07, 6.45) is 0.955. The fourth-order valence-electron chi connectivity index (χ4n) is 2.09. The van der Waals surface area contributed by atoms with E-state index in [1.807, 2.05) is 13.8 Å². The standard InChI is InChI=1S/C15H26N2OS/c1-7-9(2)16-15(18)12(5)17-11(4)14-8-10(3)19-13(14)6/h8-9,11-12,17H,7H2,1-6H3,(H,16,18). The van der Waals surface area contributed by atoms with E-state index in [9.17, 15) is 4.79 Å². The topological polar surface area (TPSA) is 41.1 Å². The van der Waals surface area contributed by atoms with Gasteiger partial charge in [0.1, 0.15) is 0 Å². The van der Waals surface area contributed by atoms with Crippen molar-refractivity contribution in [2.45, 2.75) is 66.1 Å². The van der Waals surface area contributed by atoms with E-state index in [1.54, 1.807) is 11.3 Å². The van der Waals surface area contributed by atoms with Crippen molar-refractivity contribution in [1.82, 2.24) is 10.6 Å². The Kier molecular flexibility index (Phi) is 6.01. The largest absolute Gasteiger partial charge is 0.352 e. The lowest BCUT2D eigenvalue weighted by atomic mass is 10.1. The molecule has 3 unspecified atom stereocenters. The molecule has 0 aromatic carbocycles. The number of carbonyl (C=O) groups excluding carboxylic acids is 1. The van der Waals surface area contributed by atoms with Crippen molar-refractivity contribution in [3.8, 4) is 0 Å². The highest BCUT2D eigenvalue weighted by atomic mass is 32.1. The molecule has 1 amide bonds. The summed E-state index contributed by atoms with van der Waals surface area (Å²) < 4.78 is 0. The van der Waals surface area contributed by atoms with Crippen molar-refractivity contribution >= 4 is 17.2 Å². The Balaban J connectivity index is 2.59. The van der Waals surface area contributed by atoms with E-state index in [1.165, 1.54) is 15.3 Å². The van der Waals surface area contributed by atoms with Gasteiger partial charge < -0.3 is 5.32 Å². The third-order valence-electron chi connectivity index (χ3n) is 3.44. The van der Waals surface area contributed by atoms with Gasteiger partial charge in [-0.3, -0.25) is 10.1 Å². The molecule has 0 aliphatic carbocycles. The molecular weight excluding hydrogens is 256 g/mol. The molecule has 4 heteroatoms. The number of hydrogen-bond donors (Lipinski definition) is 2. The summed E-state index contributed by atoms with van der Waals surface area (Å²) in [6.45, 7) is 12.4. The Morgan fingerprint density at radius 1 is 1.32 bits per heavy atom. The second-order valence-electron chi connectivity index (χ2n) is 5.30. The van der Waals surface area contributed by atoms with Crippen molar-refractivity contribution in [3.63, 3.8) is 0 Å². The summed E-state index contributed by atoms with van der Waals surface area (Å²) in [6, 6.07) is 2.46. The predicted molar refractivity (Wildman–Crippen MR) is 82.7 cm³/mol. The summed E-state index contributed by atoms with van der Waals surface area (Å²) in [7, 11) is 0. The van der Waals surface area contributed by atoms with Gasteiger partial charge in [-0.1, -0.05) is 6.92 Å². The molecule has 3 atom stereocenters. The monoisotopic (exact) mass is 282 g/mol. The van der Waals surface area contributed by atoms with Gasteiger partial charge in [-0.05, 0) is 52.7 Å². The van der Waals surface area contributed by atoms with E-state index in [0.717, 1.165) is 6.42 Å². The van der Waals surface area contributed by atoms with Crippen molar-refractivity contribution in [1.29, 1.82) is 0 Å². The van der Waals surface area contributed by atoms with Crippen LogP contribution in [0.5, 0.6) is 0 Å². The number of hydrogen-bond acceptors (Lipinski definition) is 3. The van der Waals surface area contributed by atoms with Crippen LogP contribution in [-0.2, 0) is 4.79 Å². The highest BCUT2D eigenvalue weighted by Crippen LogP contribution is 2.26. The van der Waals surface area contributed by atoms with E-state index in [0.29, 0.717) is 0 Å². The number of rotatable bonds is 6. The van der Waals surface area contributed by atoms with Gasteiger partial charge in [0.05, 0.1) is 6.04 Å². The Labute approximate surface area is 120 Å². The lowest BCUT2D eigenvalue weighted by Crippen LogP contribution is -2.46. The number of carbonyl (C=O) groups is 1. The molecule has 1 aromatic rings. The van der Waals surface area contributed by atoms with Crippen LogP contribution in [0.4, 0.5) is 0 Å². The number of amides is 1. The molecule has 0 bridgehead atoms. The Morgan fingerprint density at radius 2 is 1.95 bits per heavy atom. The molecule has 0 aliphatic heterocycles. The maximum atomic E-state index is 12.0. The molecule has 0 fully saturated rings.